The zero-order valence-electron chi connectivity index (χ0n) is 15.3. The SMILES string of the molecule is Cn1c(SCc2ccc(C(F)(F)F)cc2)nnc1-c1ccc(OCC(F)(F)F)nc1. The molecule has 3 rings (SSSR count). The predicted molar refractivity (Wildman–Crippen MR) is 96.8 cm³/mol. The number of ether oxygens (including phenoxy) is 1. The number of pyridine rings is 1. The van der Waals surface area contributed by atoms with Gasteiger partial charge in [0.15, 0.2) is 17.6 Å². The van der Waals surface area contributed by atoms with E-state index < -0.39 is 24.5 Å². The summed E-state index contributed by atoms with van der Waals surface area (Å²) in [5, 5.41) is 8.60. The summed E-state index contributed by atoms with van der Waals surface area (Å²) in [6, 6.07) is 7.64. The van der Waals surface area contributed by atoms with Gasteiger partial charge in [-0.3, -0.25) is 0 Å². The van der Waals surface area contributed by atoms with E-state index in [2.05, 4.69) is 19.9 Å². The summed E-state index contributed by atoms with van der Waals surface area (Å²) in [5.74, 6) is 0.641. The molecule has 0 amide bonds. The molecular formula is C18H14F6N4OS. The van der Waals surface area contributed by atoms with Crippen molar-refractivity contribution in [3.63, 3.8) is 0 Å². The summed E-state index contributed by atoms with van der Waals surface area (Å²) < 4.78 is 80.6. The Kier molecular flexibility index (Phi) is 6.25. The number of aromatic nitrogens is 4. The van der Waals surface area contributed by atoms with E-state index in [1.54, 1.807) is 11.6 Å². The van der Waals surface area contributed by atoms with Gasteiger partial charge in [-0.25, -0.2) is 4.98 Å². The average Bonchev–Trinajstić information content (AvgIpc) is 3.05. The fraction of sp³-hybridized carbons (Fsp3) is 0.278. The Labute approximate surface area is 171 Å². The monoisotopic (exact) mass is 448 g/mol. The molecule has 0 fully saturated rings. The van der Waals surface area contributed by atoms with E-state index in [1.807, 2.05) is 0 Å². The summed E-state index contributed by atoms with van der Waals surface area (Å²) >= 11 is 1.28. The zero-order valence-corrected chi connectivity index (χ0v) is 16.1. The molecule has 12 heteroatoms. The number of hydrogen-bond acceptors (Lipinski definition) is 5. The highest BCUT2D eigenvalue weighted by molar-refractivity contribution is 7.98. The summed E-state index contributed by atoms with van der Waals surface area (Å²) in [7, 11) is 1.69. The van der Waals surface area contributed by atoms with Crippen LogP contribution in [0.2, 0.25) is 0 Å². The fourth-order valence-electron chi connectivity index (χ4n) is 2.38. The second-order valence-corrected chi connectivity index (χ2v) is 7.08. The van der Waals surface area contributed by atoms with Crippen molar-refractivity contribution in [1.82, 2.24) is 19.7 Å². The van der Waals surface area contributed by atoms with Gasteiger partial charge in [0.1, 0.15) is 0 Å². The topological polar surface area (TPSA) is 52.8 Å². The van der Waals surface area contributed by atoms with Crippen LogP contribution in [0.1, 0.15) is 11.1 Å². The lowest BCUT2D eigenvalue weighted by molar-refractivity contribution is -0.154. The number of nitrogens with zero attached hydrogens (tertiary/aromatic N) is 4. The van der Waals surface area contributed by atoms with Gasteiger partial charge in [-0.2, -0.15) is 26.3 Å². The van der Waals surface area contributed by atoms with E-state index in [1.165, 1.54) is 42.2 Å². The number of thioether (sulfide) groups is 1. The standard InChI is InChI=1S/C18H14F6N4OS/c1-28-15(12-4-7-14(25-8-12)29-10-17(19,20)21)26-27-16(28)30-9-11-2-5-13(6-3-11)18(22,23)24/h2-8H,9-10H2,1H3. The van der Waals surface area contributed by atoms with Crippen molar-refractivity contribution in [1.29, 1.82) is 0 Å². The van der Waals surface area contributed by atoms with Crippen molar-refractivity contribution >= 4 is 11.8 Å². The number of benzene rings is 1. The third kappa shape index (κ3) is 5.65. The normalized spacial score (nSPS) is 12.2. The largest absolute Gasteiger partial charge is 0.468 e. The predicted octanol–water partition coefficient (Wildman–Crippen LogP) is 5.13. The Morgan fingerprint density at radius 2 is 1.67 bits per heavy atom. The second kappa shape index (κ2) is 8.54. The van der Waals surface area contributed by atoms with Gasteiger partial charge in [0.2, 0.25) is 5.88 Å². The minimum Gasteiger partial charge on any atom is -0.468 e. The van der Waals surface area contributed by atoms with E-state index in [4.69, 9.17) is 0 Å². The van der Waals surface area contributed by atoms with Crippen molar-refractivity contribution < 1.29 is 31.1 Å². The molecule has 0 aliphatic rings. The van der Waals surface area contributed by atoms with Crippen LogP contribution in [0, 0.1) is 0 Å². The Balaban J connectivity index is 1.64. The number of hydrogen-bond donors (Lipinski definition) is 0. The van der Waals surface area contributed by atoms with Crippen LogP contribution in [0.5, 0.6) is 5.88 Å². The molecule has 2 aromatic heterocycles. The zero-order chi connectivity index (χ0) is 21.9. The third-order valence-corrected chi connectivity index (χ3v) is 4.95. The van der Waals surface area contributed by atoms with E-state index in [9.17, 15) is 26.3 Å². The van der Waals surface area contributed by atoms with E-state index in [0.717, 1.165) is 12.1 Å². The number of halogens is 6. The lowest BCUT2D eigenvalue weighted by Crippen LogP contribution is -2.19. The molecule has 2 heterocycles. The molecule has 160 valence electrons. The molecule has 3 aromatic rings. The number of rotatable bonds is 6. The summed E-state index contributed by atoms with van der Waals surface area (Å²) in [6.07, 6.45) is -7.52. The van der Waals surface area contributed by atoms with Crippen molar-refractivity contribution in [3.05, 3.63) is 53.7 Å². The van der Waals surface area contributed by atoms with Crippen LogP contribution in [-0.4, -0.2) is 32.5 Å². The molecule has 0 spiro atoms. The Bertz CT molecular complexity index is 984. The molecule has 30 heavy (non-hydrogen) atoms. The average molecular weight is 448 g/mol. The van der Waals surface area contributed by atoms with Crippen molar-refractivity contribution in [2.75, 3.05) is 6.61 Å². The Hall–Kier alpha value is -2.76. The van der Waals surface area contributed by atoms with E-state index in [0.29, 0.717) is 27.9 Å². The van der Waals surface area contributed by atoms with Gasteiger partial charge in [-0.1, -0.05) is 23.9 Å². The minimum atomic E-state index is -4.46. The third-order valence-electron chi connectivity index (χ3n) is 3.86. The maximum atomic E-state index is 12.6. The molecule has 0 unspecified atom stereocenters. The maximum absolute atomic E-state index is 12.6. The first-order valence-corrected chi connectivity index (χ1v) is 9.36. The first kappa shape index (κ1) is 21.9. The maximum Gasteiger partial charge on any atom is 0.422 e. The molecule has 0 N–H and O–H groups in total. The van der Waals surface area contributed by atoms with Crippen LogP contribution in [0.3, 0.4) is 0 Å². The van der Waals surface area contributed by atoms with Gasteiger partial charge in [0.25, 0.3) is 0 Å². The van der Waals surface area contributed by atoms with Crippen LogP contribution in [-0.2, 0) is 19.0 Å². The molecule has 0 aliphatic carbocycles. The van der Waals surface area contributed by atoms with Crippen LogP contribution in [0.25, 0.3) is 11.4 Å². The highest BCUT2D eigenvalue weighted by atomic mass is 32.2. The number of alkyl halides is 6. The summed E-state index contributed by atoms with van der Waals surface area (Å²) in [6.45, 7) is -1.44. The molecule has 0 saturated carbocycles. The quantitative estimate of drug-likeness (QED) is 0.387. The van der Waals surface area contributed by atoms with E-state index >= 15 is 0 Å². The molecule has 1 aromatic carbocycles. The van der Waals surface area contributed by atoms with Crippen molar-refractivity contribution in [3.8, 4) is 17.3 Å². The minimum absolute atomic E-state index is 0.171. The van der Waals surface area contributed by atoms with Gasteiger partial charge in [-0.05, 0) is 23.8 Å². The highest BCUT2D eigenvalue weighted by Gasteiger charge is 2.30. The van der Waals surface area contributed by atoms with Gasteiger partial charge in [0.05, 0.1) is 5.56 Å². The first-order valence-electron chi connectivity index (χ1n) is 8.37. The second-order valence-electron chi connectivity index (χ2n) is 6.14. The Morgan fingerprint density at radius 1 is 0.967 bits per heavy atom. The molecule has 5 nitrogen and oxygen atoms in total. The van der Waals surface area contributed by atoms with Gasteiger partial charge in [-0.15, -0.1) is 10.2 Å². The lowest BCUT2D eigenvalue weighted by atomic mass is 10.1. The summed E-state index contributed by atoms with van der Waals surface area (Å²) in [5.41, 5.74) is 0.489. The van der Waals surface area contributed by atoms with Crippen LogP contribution >= 0.6 is 11.8 Å². The molecule has 0 bridgehead atoms. The van der Waals surface area contributed by atoms with Crippen LogP contribution in [0.15, 0.2) is 47.8 Å². The van der Waals surface area contributed by atoms with Crippen molar-refractivity contribution in [2.24, 2.45) is 7.05 Å². The molecular weight excluding hydrogens is 434 g/mol. The van der Waals surface area contributed by atoms with Crippen LogP contribution < -0.4 is 4.74 Å². The summed E-state index contributed by atoms with van der Waals surface area (Å²) in [4.78, 5) is 3.83. The Morgan fingerprint density at radius 3 is 2.23 bits per heavy atom. The molecule has 0 aliphatic heterocycles. The fourth-order valence-corrected chi connectivity index (χ4v) is 3.25. The molecule has 0 atom stereocenters. The van der Waals surface area contributed by atoms with Crippen LogP contribution in [0.4, 0.5) is 26.3 Å². The lowest BCUT2D eigenvalue weighted by Gasteiger charge is -2.09. The highest BCUT2D eigenvalue weighted by Crippen LogP contribution is 2.30. The van der Waals surface area contributed by atoms with Crippen molar-refractivity contribution in [2.45, 2.75) is 23.3 Å². The van der Waals surface area contributed by atoms with E-state index in [-0.39, 0.29) is 5.88 Å². The van der Waals surface area contributed by atoms with Gasteiger partial charge < -0.3 is 9.30 Å². The first-order chi connectivity index (χ1) is 14.0. The smallest absolute Gasteiger partial charge is 0.422 e. The van der Waals surface area contributed by atoms with Gasteiger partial charge in [0, 0.05) is 30.6 Å². The molecule has 0 saturated heterocycles. The molecule has 0 radical (unpaired) electrons. The van der Waals surface area contributed by atoms with Gasteiger partial charge >= 0.3 is 12.4 Å².